The van der Waals surface area contributed by atoms with Crippen molar-refractivity contribution in [3.63, 3.8) is 0 Å². The largest absolute Gasteiger partial charge is 0.456 e. The molecule has 2 aliphatic carbocycles. The molecule has 64 heavy (non-hydrogen) atoms. The lowest BCUT2D eigenvalue weighted by molar-refractivity contribution is -0.557. The molecular weight excluding hydrogens is 847 g/mol. The quantitative estimate of drug-likeness (QED) is 0.161. The zero-order chi connectivity index (χ0) is 44.9. The normalized spacial score (nSPS) is 39.2. The van der Waals surface area contributed by atoms with Crippen LogP contribution in [0.2, 0.25) is 0 Å². The van der Waals surface area contributed by atoms with Crippen molar-refractivity contribution in [2.45, 2.75) is 140 Å². The van der Waals surface area contributed by atoms with Gasteiger partial charge in [-0.1, -0.05) is 74.5 Å². The number of halogens is 6. The third-order valence-electron chi connectivity index (χ3n) is 15.8. The molecule has 350 valence electrons. The molecule has 2 aromatic carbocycles. The molecule has 8 aliphatic heterocycles. The van der Waals surface area contributed by atoms with E-state index in [2.05, 4.69) is 13.8 Å². The Bertz CT molecular complexity index is 1960. The monoisotopic (exact) mass is 904 g/mol. The van der Waals surface area contributed by atoms with Gasteiger partial charge in [0.2, 0.25) is 35.7 Å². The first-order chi connectivity index (χ1) is 30.4. The molecule has 16 heteroatoms. The first-order valence-corrected chi connectivity index (χ1v) is 23.0. The summed E-state index contributed by atoms with van der Waals surface area (Å²) in [6.07, 6.45) is -8.01. The summed E-state index contributed by atoms with van der Waals surface area (Å²) in [7, 11) is 0. The van der Waals surface area contributed by atoms with E-state index in [1.54, 1.807) is 13.8 Å². The van der Waals surface area contributed by atoms with Gasteiger partial charge in [-0.2, -0.15) is 26.3 Å². The second-order valence-electron chi connectivity index (χ2n) is 20.0. The third-order valence-corrected chi connectivity index (χ3v) is 15.8. The lowest BCUT2D eigenvalue weighted by atomic mass is 9.59. The van der Waals surface area contributed by atoms with Gasteiger partial charge in [-0.05, 0) is 86.5 Å². The Kier molecular flexibility index (Phi) is 11.3. The SMILES string of the molecule is C[C@@H]1CC[C@H]2C(CN(CCN(CC3=C(C(F)(F)F)O[C@@H]4OC5(C)CCC6[C@H](C)CC[C@@H]3[C@]64OO5)Cc3ccccc3)Cc3ccccc3)=C(C(F)(F)F)O[C@@H]3OC4(C)CCC1[C@]32OO4. The molecule has 10 aliphatic rings. The number of hydrogen-bond acceptors (Lipinski definition) is 10. The van der Waals surface area contributed by atoms with E-state index in [4.69, 9.17) is 38.5 Å². The van der Waals surface area contributed by atoms with Crippen molar-refractivity contribution >= 4 is 0 Å². The maximum absolute atomic E-state index is 15.4. The molecular formula is C48H58F6N2O8. The van der Waals surface area contributed by atoms with Gasteiger partial charge >= 0.3 is 12.4 Å². The summed E-state index contributed by atoms with van der Waals surface area (Å²) in [5.74, 6) is -6.27. The fraction of sp³-hybridized carbons (Fsp3) is 0.667. The Morgan fingerprint density at radius 1 is 0.531 bits per heavy atom. The first kappa shape index (κ1) is 44.6. The molecule has 2 spiro atoms. The van der Waals surface area contributed by atoms with Crippen LogP contribution in [0, 0.1) is 35.5 Å². The molecule has 8 fully saturated rings. The summed E-state index contributed by atoms with van der Waals surface area (Å²) in [5.41, 5.74) is -0.737. The van der Waals surface area contributed by atoms with Crippen LogP contribution in [0.25, 0.3) is 0 Å². The Hall–Kier alpha value is -3.22. The average molecular weight is 905 g/mol. The minimum atomic E-state index is -4.85. The van der Waals surface area contributed by atoms with Gasteiger partial charge in [0.05, 0.1) is 0 Å². The van der Waals surface area contributed by atoms with Crippen LogP contribution < -0.4 is 0 Å². The van der Waals surface area contributed by atoms with Crippen molar-refractivity contribution in [1.82, 2.24) is 9.80 Å². The van der Waals surface area contributed by atoms with E-state index in [9.17, 15) is 0 Å². The number of ether oxygens (including phenoxy) is 4. The lowest BCUT2D eigenvalue weighted by Gasteiger charge is -2.58. The van der Waals surface area contributed by atoms with Crippen molar-refractivity contribution in [3.8, 4) is 0 Å². The van der Waals surface area contributed by atoms with Crippen LogP contribution in [0.1, 0.15) is 90.2 Å². The van der Waals surface area contributed by atoms with Gasteiger partial charge in [-0.25, -0.2) is 19.6 Å². The second kappa shape index (κ2) is 16.2. The molecule has 8 heterocycles. The minimum absolute atomic E-state index is 0.0639. The molecule has 12 atom stereocenters. The Balaban J connectivity index is 1.02. The summed E-state index contributed by atoms with van der Waals surface area (Å²) in [6, 6.07) is 18.9. The number of fused-ring (bicyclic) bond motifs is 4. The highest BCUT2D eigenvalue weighted by Gasteiger charge is 2.72. The van der Waals surface area contributed by atoms with Crippen molar-refractivity contribution in [3.05, 3.63) is 94.5 Å². The molecule has 4 unspecified atom stereocenters. The number of benzene rings is 2. The van der Waals surface area contributed by atoms with E-state index in [0.717, 1.165) is 11.1 Å². The fourth-order valence-electron chi connectivity index (χ4n) is 12.7. The van der Waals surface area contributed by atoms with Gasteiger partial charge in [-0.3, -0.25) is 9.80 Å². The first-order valence-electron chi connectivity index (χ1n) is 23.0. The van der Waals surface area contributed by atoms with Gasteiger partial charge in [0.15, 0.2) is 11.2 Å². The van der Waals surface area contributed by atoms with Gasteiger partial charge in [0.1, 0.15) is 0 Å². The van der Waals surface area contributed by atoms with Crippen molar-refractivity contribution in [2.24, 2.45) is 35.5 Å². The van der Waals surface area contributed by atoms with Crippen LogP contribution in [0.5, 0.6) is 0 Å². The summed E-state index contributed by atoms with van der Waals surface area (Å²) < 4.78 is 117. The maximum atomic E-state index is 15.4. The number of nitrogens with zero attached hydrogens (tertiary/aromatic N) is 2. The summed E-state index contributed by atoms with van der Waals surface area (Å²) >= 11 is 0. The number of alkyl halides is 6. The van der Waals surface area contributed by atoms with Crippen LogP contribution in [0.3, 0.4) is 0 Å². The Labute approximate surface area is 369 Å². The summed E-state index contributed by atoms with van der Waals surface area (Å²) in [6.45, 7) is 8.17. The molecule has 6 saturated heterocycles. The van der Waals surface area contributed by atoms with E-state index < -0.39 is 71.1 Å². The Morgan fingerprint density at radius 3 is 1.30 bits per heavy atom. The van der Waals surface area contributed by atoms with E-state index >= 15 is 26.3 Å². The smallest absolute Gasteiger partial charge is 0.449 e. The summed E-state index contributed by atoms with van der Waals surface area (Å²) in [4.78, 5) is 28.3. The van der Waals surface area contributed by atoms with E-state index in [-0.39, 0.29) is 74.1 Å². The van der Waals surface area contributed by atoms with Crippen LogP contribution >= 0.6 is 0 Å². The standard InChI is InChI=1S/C48H58F6N2O8/c1-29-15-17-37-33(39(47(49,50)51)57-41-45(37)35(29)19-21-43(3,59-41)61-63-45)27-55(25-31-11-7-5-8-12-31)23-24-56(26-32-13-9-6-10-14-32)28-34-38-18-16-30(2)36-20-22-44(4)60-42(46(36,38)64-62-44)58-40(34)48(52,53)54/h5-14,29-30,35-38,41-42H,15-28H2,1-4H3/t29-,30-,35?,36?,37+,38+,41-,42-,43?,44?,45-,46-/m1/s1. The van der Waals surface area contributed by atoms with Gasteiger partial charge < -0.3 is 18.9 Å². The molecule has 2 aromatic rings. The van der Waals surface area contributed by atoms with Crippen LogP contribution in [-0.4, -0.2) is 83.7 Å². The highest BCUT2D eigenvalue weighted by atomic mass is 19.4. The highest BCUT2D eigenvalue weighted by Crippen LogP contribution is 2.63. The van der Waals surface area contributed by atoms with Crippen molar-refractivity contribution in [2.75, 3.05) is 26.2 Å². The molecule has 12 rings (SSSR count). The molecule has 10 nitrogen and oxygen atoms in total. The second-order valence-corrected chi connectivity index (χ2v) is 20.0. The molecule has 0 radical (unpaired) electrons. The molecule has 0 N–H and O–H groups in total. The predicted molar refractivity (Wildman–Crippen MR) is 217 cm³/mol. The van der Waals surface area contributed by atoms with E-state index in [1.165, 1.54) is 0 Å². The van der Waals surface area contributed by atoms with Gasteiger partial charge in [0.25, 0.3) is 0 Å². The lowest BCUT2D eigenvalue weighted by Crippen LogP contribution is -2.68. The number of hydrogen-bond donors (Lipinski definition) is 0. The molecule has 4 bridgehead atoms. The topological polar surface area (TPSA) is 80.3 Å². The van der Waals surface area contributed by atoms with E-state index in [1.807, 2.05) is 70.5 Å². The summed E-state index contributed by atoms with van der Waals surface area (Å²) in [5, 5.41) is 0. The molecule has 2 saturated carbocycles. The number of allylic oxidation sites excluding steroid dienone is 2. The Morgan fingerprint density at radius 2 is 0.922 bits per heavy atom. The highest BCUT2D eigenvalue weighted by molar-refractivity contribution is 5.31. The predicted octanol–water partition coefficient (Wildman–Crippen LogP) is 10.1. The third kappa shape index (κ3) is 7.69. The molecule has 0 aromatic heterocycles. The zero-order valence-electron chi connectivity index (χ0n) is 36.7. The van der Waals surface area contributed by atoms with Crippen LogP contribution in [0.4, 0.5) is 26.3 Å². The minimum Gasteiger partial charge on any atom is -0.456 e. The van der Waals surface area contributed by atoms with Gasteiger partial charge in [0, 0.05) is 75.8 Å². The van der Waals surface area contributed by atoms with Gasteiger partial charge in [-0.15, -0.1) is 0 Å². The average Bonchev–Trinajstić information content (AvgIpc) is 3.63. The van der Waals surface area contributed by atoms with Crippen molar-refractivity contribution in [1.29, 1.82) is 0 Å². The maximum Gasteiger partial charge on any atom is 0.449 e. The van der Waals surface area contributed by atoms with E-state index in [0.29, 0.717) is 51.4 Å². The fourth-order valence-corrected chi connectivity index (χ4v) is 12.7. The zero-order valence-corrected chi connectivity index (χ0v) is 36.7. The van der Waals surface area contributed by atoms with Crippen LogP contribution in [0.15, 0.2) is 83.3 Å². The van der Waals surface area contributed by atoms with Crippen molar-refractivity contribution < 1.29 is 64.8 Å². The number of rotatable bonds is 11. The van der Waals surface area contributed by atoms with Crippen LogP contribution in [-0.2, 0) is 51.6 Å². The molecule has 0 amide bonds.